The van der Waals surface area contributed by atoms with E-state index < -0.39 is 5.91 Å². The Morgan fingerprint density at radius 2 is 2.13 bits per heavy atom. The van der Waals surface area contributed by atoms with Gasteiger partial charge in [0.25, 0.3) is 11.5 Å². The molecular weight excluding hydrogens is 398 g/mol. The van der Waals surface area contributed by atoms with Gasteiger partial charge in [-0.05, 0) is 38.5 Å². The summed E-state index contributed by atoms with van der Waals surface area (Å²) in [5.41, 5.74) is 0.206. The molecule has 1 amide bonds. The smallest absolute Gasteiger partial charge is 0.267 e. The number of nitrogens with zero attached hydrogens (tertiary/aromatic N) is 4. The molecule has 2 unspecified atom stereocenters. The standard InChI is InChI=1S/C22H27N5O4/c1-15-13-26(14-16(2)31-15)20-18(22(29)27-9-5-4-7-19(27)25-20)11-17(12-23)21(28)24-8-6-10-30-3/h4-5,7,9,11,15-16H,6,8,10,13-14H2,1-3H3,(H,24,28). The summed E-state index contributed by atoms with van der Waals surface area (Å²) in [6, 6.07) is 7.20. The molecule has 0 spiro atoms. The van der Waals surface area contributed by atoms with E-state index in [1.807, 2.05) is 24.8 Å². The van der Waals surface area contributed by atoms with Crippen molar-refractivity contribution in [2.75, 3.05) is 38.3 Å². The number of hydrogen-bond acceptors (Lipinski definition) is 7. The zero-order chi connectivity index (χ0) is 22.4. The number of carbonyl (C=O) groups is 1. The third-order valence-corrected chi connectivity index (χ3v) is 4.93. The summed E-state index contributed by atoms with van der Waals surface area (Å²) in [5.74, 6) is -0.0936. The van der Waals surface area contributed by atoms with E-state index in [2.05, 4.69) is 5.32 Å². The summed E-state index contributed by atoms with van der Waals surface area (Å²) >= 11 is 0. The summed E-state index contributed by atoms with van der Waals surface area (Å²) in [6.45, 7) is 5.88. The van der Waals surface area contributed by atoms with Crippen LogP contribution in [0.4, 0.5) is 5.82 Å². The predicted molar refractivity (Wildman–Crippen MR) is 117 cm³/mol. The molecule has 164 valence electrons. The number of hydrogen-bond donors (Lipinski definition) is 1. The van der Waals surface area contributed by atoms with Gasteiger partial charge in [-0.15, -0.1) is 0 Å². The number of anilines is 1. The van der Waals surface area contributed by atoms with Gasteiger partial charge in [0.05, 0.1) is 17.8 Å². The lowest BCUT2D eigenvalue weighted by Crippen LogP contribution is -2.46. The first-order valence-corrected chi connectivity index (χ1v) is 10.2. The summed E-state index contributed by atoms with van der Waals surface area (Å²) in [6.07, 6.45) is 3.48. The van der Waals surface area contributed by atoms with Gasteiger partial charge in [0.1, 0.15) is 23.1 Å². The summed E-state index contributed by atoms with van der Waals surface area (Å²) in [4.78, 5) is 32.5. The van der Waals surface area contributed by atoms with Crippen molar-refractivity contribution in [3.05, 3.63) is 45.9 Å². The zero-order valence-corrected chi connectivity index (χ0v) is 18.0. The topological polar surface area (TPSA) is 109 Å². The van der Waals surface area contributed by atoms with Crippen molar-refractivity contribution in [2.24, 2.45) is 0 Å². The summed E-state index contributed by atoms with van der Waals surface area (Å²) < 4.78 is 12.2. The van der Waals surface area contributed by atoms with Crippen LogP contribution in [0.3, 0.4) is 0 Å². The van der Waals surface area contributed by atoms with Gasteiger partial charge >= 0.3 is 0 Å². The maximum Gasteiger partial charge on any atom is 0.267 e. The molecule has 3 heterocycles. The van der Waals surface area contributed by atoms with Crippen molar-refractivity contribution >= 4 is 23.4 Å². The minimum Gasteiger partial charge on any atom is -0.385 e. The second-order valence-electron chi connectivity index (χ2n) is 7.52. The molecular formula is C22H27N5O4. The maximum atomic E-state index is 13.3. The maximum absolute atomic E-state index is 13.3. The number of rotatable bonds is 7. The van der Waals surface area contributed by atoms with Gasteiger partial charge in [0, 0.05) is 39.5 Å². The number of pyridine rings is 1. The van der Waals surface area contributed by atoms with E-state index in [0.717, 1.165) is 0 Å². The third kappa shape index (κ3) is 5.29. The van der Waals surface area contributed by atoms with E-state index >= 15 is 0 Å². The fraction of sp³-hybridized carbons (Fsp3) is 0.455. The molecule has 0 radical (unpaired) electrons. The highest BCUT2D eigenvalue weighted by molar-refractivity contribution is 6.02. The van der Waals surface area contributed by atoms with E-state index in [4.69, 9.17) is 14.5 Å². The molecule has 1 aliphatic heterocycles. The second-order valence-corrected chi connectivity index (χ2v) is 7.52. The minimum atomic E-state index is -0.536. The van der Waals surface area contributed by atoms with Gasteiger partial charge in [-0.1, -0.05) is 6.07 Å². The highest BCUT2D eigenvalue weighted by Crippen LogP contribution is 2.23. The fourth-order valence-electron chi connectivity index (χ4n) is 3.62. The highest BCUT2D eigenvalue weighted by atomic mass is 16.5. The molecule has 0 bridgehead atoms. The van der Waals surface area contributed by atoms with Crippen molar-refractivity contribution in [2.45, 2.75) is 32.5 Å². The van der Waals surface area contributed by atoms with Gasteiger partial charge < -0.3 is 19.7 Å². The van der Waals surface area contributed by atoms with Crippen LogP contribution in [-0.2, 0) is 14.3 Å². The van der Waals surface area contributed by atoms with E-state index in [1.165, 1.54) is 10.5 Å². The molecule has 0 saturated carbocycles. The number of ether oxygens (including phenoxy) is 2. The normalized spacial score (nSPS) is 19.3. The molecule has 2 atom stereocenters. The highest BCUT2D eigenvalue weighted by Gasteiger charge is 2.27. The molecule has 1 N–H and O–H groups in total. The second kappa shape index (κ2) is 10.2. The molecule has 1 fully saturated rings. The lowest BCUT2D eigenvalue weighted by molar-refractivity contribution is -0.117. The molecule has 9 nitrogen and oxygen atoms in total. The van der Waals surface area contributed by atoms with Crippen LogP contribution in [0, 0.1) is 11.3 Å². The van der Waals surface area contributed by atoms with Gasteiger partial charge in [-0.2, -0.15) is 5.26 Å². The van der Waals surface area contributed by atoms with E-state index in [-0.39, 0.29) is 28.9 Å². The molecule has 3 rings (SSSR count). The summed E-state index contributed by atoms with van der Waals surface area (Å²) in [5, 5.41) is 12.3. The van der Waals surface area contributed by atoms with Crippen molar-refractivity contribution in [1.29, 1.82) is 5.26 Å². The Morgan fingerprint density at radius 3 is 2.81 bits per heavy atom. The Hall–Kier alpha value is -3.22. The average molecular weight is 425 g/mol. The minimum absolute atomic E-state index is 0.0453. The van der Waals surface area contributed by atoms with Crippen LogP contribution in [0.15, 0.2) is 34.8 Å². The molecule has 9 heteroatoms. The summed E-state index contributed by atoms with van der Waals surface area (Å²) in [7, 11) is 1.58. The third-order valence-electron chi connectivity index (χ3n) is 4.93. The van der Waals surface area contributed by atoms with Crippen LogP contribution in [0.25, 0.3) is 11.7 Å². The van der Waals surface area contributed by atoms with Crippen LogP contribution in [0.1, 0.15) is 25.8 Å². The average Bonchev–Trinajstić information content (AvgIpc) is 2.75. The molecule has 2 aromatic rings. The lowest BCUT2D eigenvalue weighted by Gasteiger charge is -2.36. The van der Waals surface area contributed by atoms with E-state index in [1.54, 1.807) is 31.5 Å². The molecule has 0 aliphatic carbocycles. The number of aromatic nitrogens is 2. The first-order valence-electron chi connectivity index (χ1n) is 10.2. The number of nitriles is 1. The Bertz CT molecular complexity index is 1060. The number of methoxy groups -OCH3 is 1. The van der Waals surface area contributed by atoms with Crippen molar-refractivity contribution in [3.8, 4) is 6.07 Å². The molecule has 1 aliphatic rings. The Balaban J connectivity index is 2.05. The Labute approximate surface area is 180 Å². The van der Waals surface area contributed by atoms with E-state index in [0.29, 0.717) is 44.1 Å². The molecule has 31 heavy (non-hydrogen) atoms. The Morgan fingerprint density at radius 1 is 1.39 bits per heavy atom. The zero-order valence-electron chi connectivity index (χ0n) is 18.0. The lowest BCUT2D eigenvalue weighted by atomic mass is 10.1. The van der Waals surface area contributed by atoms with Crippen LogP contribution in [0.2, 0.25) is 0 Å². The Kier molecular flexibility index (Phi) is 7.39. The van der Waals surface area contributed by atoms with Crippen LogP contribution in [0.5, 0.6) is 0 Å². The monoisotopic (exact) mass is 425 g/mol. The number of amides is 1. The van der Waals surface area contributed by atoms with Crippen molar-refractivity contribution in [3.63, 3.8) is 0 Å². The SMILES string of the molecule is COCCCNC(=O)C(C#N)=Cc1c(N2CC(C)OC(C)C2)nc2ccccn2c1=O. The van der Waals surface area contributed by atoms with Gasteiger partial charge in [-0.25, -0.2) is 4.98 Å². The van der Waals surface area contributed by atoms with Crippen molar-refractivity contribution in [1.82, 2.24) is 14.7 Å². The predicted octanol–water partition coefficient (Wildman–Crippen LogP) is 1.37. The quantitative estimate of drug-likeness (QED) is 0.405. The number of carbonyl (C=O) groups excluding carboxylic acids is 1. The van der Waals surface area contributed by atoms with Crippen LogP contribution >= 0.6 is 0 Å². The number of nitrogens with one attached hydrogen (secondary N) is 1. The van der Waals surface area contributed by atoms with E-state index in [9.17, 15) is 14.9 Å². The fourth-order valence-corrected chi connectivity index (χ4v) is 3.62. The number of fused-ring (bicyclic) bond motifs is 1. The molecule has 2 aromatic heterocycles. The van der Waals surface area contributed by atoms with Crippen LogP contribution in [-0.4, -0.2) is 60.9 Å². The van der Waals surface area contributed by atoms with Gasteiger partial charge in [-0.3, -0.25) is 14.0 Å². The van der Waals surface area contributed by atoms with Gasteiger partial charge in [0.2, 0.25) is 0 Å². The molecule has 1 saturated heterocycles. The largest absolute Gasteiger partial charge is 0.385 e. The first-order chi connectivity index (χ1) is 14.9. The number of morpholine rings is 1. The first kappa shape index (κ1) is 22.5. The van der Waals surface area contributed by atoms with Gasteiger partial charge in [0.15, 0.2) is 0 Å². The van der Waals surface area contributed by atoms with Crippen LogP contribution < -0.4 is 15.8 Å². The van der Waals surface area contributed by atoms with Crippen molar-refractivity contribution < 1.29 is 14.3 Å². The molecule has 0 aromatic carbocycles.